The molecular weight excluding hydrogens is 282 g/mol. The molecule has 22 heavy (non-hydrogen) atoms. The topological polar surface area (TPSA) is 108 Å². The van der Waals surface area contributed by atoms with Gasteiger partial charge in [0, 0.05) is 36.2 Å². The van der Waals surface area contributed by atoms with Crippen molar-refractivity contribution in [1.29, 1.82) is 5.26 Å². The average Bonchev–Trinajstić information content (AvgIpc) is 2.92. The van der Waals surface area contributed by atoms with Crippen molar-refractivity contribution >= 4 is 5.78 Å². The monoisotopic (exact) mass is 290 g/mol. The zero-order valence-electron chi connectivity index (χ0n) is 11.2. The van der Waals surface area contributed by atoms with Gasteiger partial charge in [-0.15, -0.1) is 0 Å². The van der Waals surface area contributed by atoms with Crippen molar-refractivity contribution in [2.75, 3.05) is 0 Å². The van der Waals surface area contributed by atoms with Gasteiger partial charge >= 0.3 is 0 Å². The Bertz CT molecular complexity index is 866. The van der Waals surface area contributed by atoms with Crippen molar-refractivity contribution < 1.29 is 9.90 Å². The van der Waals surface area contributed by atoms with Crippen molar-refractivity contribution in [2.45, 2.75) is 0 Å². The van der Waals surface area contributed by atoms with Gasteiger partial charge in [-0.3, -0.25) is 14.8 Å². The summed E-state index contributed by atoms with van der Waals surface area (Å²) in [5, 5.41) is 25.5. The van der Waals surface area contributed by atoms with Gasteiger partial charge < -0.3 is 5.11 Å². The van der Waals surface area contributed by atoms with Crippen LogP contribution in [0.1, 0.15) is 21.6 Å². The van der Waals surface area contributed by atoms with Gasteiger partial charge in [0.2, 0.25) is 0 Å². The molecule has 0 radical (unpaired) electrons. The summed E-state index contributed by atoms with van der Waals surface area (Å²) in [6, 6.07) is 7.88. The fraction of sp³-hybridized carbons (Fsp3) is 0. The number of nitrogens with zero attached hydrogens (tertiary/aromatic N) is 5. The van der Waals surface area contributed by atoms with Gasteiger partial charge in [0.25, 0.3) is 0 Å². The summed E-state index contributed by atoms with van der Waals surface area (Å²) in [4.78, 5) is 20.1. The number of carbonyl (C=O) groups is 1. The van der Waals surface area contributed by atoms with E-state index in [-0.39, 0.29) is 16.8 Å². The van der Waals surface area contributed by atoms with Gasteiger partial charge in [-0.25, -0.2) is 4.68 Å². The van der Waals surface area contributed by atoms with Crippen LogP contribution in [0.15, 0.2) is 49.1 Å². The van der Waals surface area contributed by atoms with Crippen LogP contribution in [0.25, 0.3) is 5.69 Å². The number of nitriles is 1. The van der Waals surface area contributed by atoms with E-state index >= 15 is 0 Å². The summed E-state index contributed by atoms with van der Waals surface area (Å²) < 4.78 is 1.02. The zero-order chi connectivity index (χ0) is 15.5. The van der Waals surface area contributed by atoms with Crippen LogP contribution in [-0.2, 0) is 0 Å². The predicted octanol–water partition coefficient (Wildman–Crippen LogP) is 0.839. The number of hydrogen-bond acceptors (Lipinski definition) is 6. The summed E-state index contributed by atoms with van der Waals surface area (Å²) >= 11 is 0. The molecule has 0 amide bonds. The third-order valence-electron chi connectivity index (χ3n) is 3.03. The fourth-order valence-electron chi connectivity index (χ4n) is 1.99. The van der Waals surface area contributed by atoms with E-state index in [2.05, 4.69) is 15.1 Å². The molecule has 0 saturated heterocycles. The summed E-state index contributed by atoms with van der Waals surface area (Å²) in [7, 11) is 0. The molecule has 0 bridgehead atoms. The first kappa shape index (κ1) is 13.5. The molecule has 7 nitrogen and oxygen atoms in total. The molecule has 0 unspecified atom stereocenters. The van der Waals surface area contributed by atoms with Crippen LogP contribution in [-0.4, -0.2) is 25.5 Å². The number of rotatable bonds is 3. The molecule has 3 aromatic rings. The largest absolute Gasteiger partial charge is 0.858 e. The lowest BCUT2D eigenvalue weighted by Crippen LogP contribution is -2.09. The Morgan fingerprint density at radius 2 is 1.68 bits per heavy atom. The maximum Gasteiger partial charge on any atom is 0.197 e. The van der Waals surface area contributed by atoms with Gasteiger partial charge in [0.15, 0.2) is 11.5 Å². The Labute approximate surface area is 125 Å². The summed E-state index contributed by atoms with van der Waals surface area (Å²) in [5.74, 6) is -1.19. The molecular formula is C15H8N5O2-. The van der Waals surface area contributed by atoms with Crippen LogP contribution in [0.5, 0.6) is 5.88 Å². The van der Waals surface area contributed by atoms with Crippen molar-refractivity contribution in [3.05, 3.63) is 65.9 Å². The molecule has 0 spiro atoms. The predicted molar refractivity (Wildman–Crippen MR) is 73.2 cm³/mol. The molecule has 106 valence electrons. The van der Waals surface area contributed by atoms with Crippen molar-refractivity contribution in [1.82, 2.24) is 19.7 Å². The number of aromatic nitrogens is 4. The highest BCUT2D eigenvalue weighted by Crippen LogP contribution is 2.24. The first-order valence-corrected chi connectivity index (χ1v) is 6.27. The Balaban J connectivity index is 2.15. The minimum Gasteiger partial charge on any atom is -0.858 e. The van der Waals surface area contributed by atoms with E-state index in [1.54, 1.807) is 18.2 Å². The zero-order valence-corrected chi connectivity index (χ0v) is 11.2. The lowest BCUT2D eigenvalue weighted by atomic mass is 10.1. The average molecular weight is 290 g/mol. The van der Waals surface area contributed by atoms with Crippen molar-refractivity contribution in [3.63, 3.8) is 0 Å². The number of ketones is 1. The maximum absolute atomic E-state index is 12.5. The maximum atomic E-state index is 12.5. The van der Waals surface area contributed by atoms with E-state index < -0.39 is 11.7 Å². The summed E-state index contributed by atoms with van der Waals surface area (Å²) in [6.45, 7) is 0. The van der Waals surface area contributed by atoms with Crippen LogP contribution in [0.3, 0.4) is 0 Å². The lowest BCUT2D eigenvalue weighted by Gasteiger charge is -2.12. The first-order valence-electron chi connectivity index (χ1n) is 6.27. The standard InChI is InChI=1S/C15H9N5O2/c16-9-12-13(14(21)10-1-5-17-6-2-10)15(22)20(19-12)11-3-7-18-8-4-11/h1-8,22H/p-1. The third-order valence-corrected chi connectivity index (χ3v) is 3.03. The highest BCUT2D eigenvalue weighted by molar-refractivity contribution is 6.11. The second-order valence-corrected chi connectivity index (χ2v) is 4.32. The molecule has 7 heteroatoms. The Morgan fingerprint density at radius 1 is 1.09 bits per heavy atom. The highest BCUT2D eigenvalue weighted by Gasteiger charge is 2.20. The van der Waals surface area contributed by atoms with Crippen molar-refractivity contribution in [2.24, 2.45) is 0 Å². The molecule has 3 rings (SSSR count). The summed E-state index contributed by atoms with van der Waals surface area (Å²) in [5.41, 5.74) is 0.261. The number of hydrogen-bond donors (Lipinski definition) is 0. The Hall–Kier alpha value is -3.53. The Kier molecular flexibility index (Phi) is 3.34. The van der Waals surface area contributed by atoms with Crippen molar-refractivity contribution in [3.8, 4) is 17.6 Å². The molecule has 3 aromatic heterocycles. The quantitative estimate of drug-likeness (QED) is 0.661. The van der Waals surface area contributed by atoms with Gasteiger partial charge in [-0.1, -0.05) is 0 Å². The van der Waals surface area contributed by atoms with Crippen LogP contribution in [0.2, 0.25) is 0 Å². The lowest BCUT2D eigenvalue weighted by molar-refractivity contribution is -0.278. The molecule has 0 aromatic carbocycles. The molecule has 0 aliphatic heterocycles. The van der Waals surface area contributed by atoms with E-state index in [0.717, 1.165) is 4.68 Å². The van der Waals surface area contributed by atoms with Gasteiger partial charge in [-0.05, 0) is 24.3 Å². The van der Waals surface area contributed by atoms with E-state index in [0.29, 0.717) is 5.69 Å². The molecule has 3 heterocycles. The van der Waals surface area contributed by atoms with Gasteiger partial charge in [-0.2, -0.15) is 10.4 Å². The van der Waals surface area contributed by atoms with Gasteiger partial charge in [0.1, 0.15) is 6.07 Å². The normalized spacial score (nSPS) is 10.1. The van der Waals surface area contributed by atoms with E-state index in [4.69, 9.17) is 5.26 Å². The van der Waals surface area contributed by atoms with Gasteiger partial charge in [0.05, 0.1) is 11.3 Å². The summed E-state index contributed by atoms with van der Waals surface area (Å²) in [6.07, 6.45) is 5.87. The molecule has 0 aliphatic rings. The molecule has 0 aliphatic carbocycles. The highest BCUT2D eigenvalue weighted by atomic mass is 16.3. The fourth-order valence-corrected chi connectivity index (χ4v) is 1.99. The molecule has 0 atom stereocenters. The van der Waals surface area contributed by atoms with E-state index in [9.17, 15) is 9.90 Å². The third kappa shape index (κ3) is 2.19. The molecule has 0 saturated carbocycles. The smallest absolute Gasteiger partial charge is 0.197 e. The molecule has 0 N–H and O–H groups in total. The number of pyridine rings is 2. The van der Waals surface area contributed by atoms with E-state index in [1.165, 1.54) is 36.9 Å². The number of carbonyl (C=O) groups excluding carboxylic acids is 1. The second-order valence-electron chi connectivity index (χ2n) is 4.32. The van der Waals surface area contributed by atoms with E-state index in [1.807, 2.05) is 0 Å². The minimum absolute atomic E-state index is 0.205. The Morgan fingerprint density at radius 3 is 2.27 bits per heavy atom. The van der Waals surface area contributed by atoms with Crippen LogP contribution in [0, 0.1) is 11.3 Å². The minimum atomic E-state index is -0.635. The van der Waals surface area contributed by atoms with Crippen LogP contribution >= 0.6 is 0 Å². The second kappa shape index (κ2) is 5.46. The van der Waals surface area contributed by atoms with Crippen LogP contribution in [0.4, 0.5) is 0 Å². The van der Waals surface area contributed by atoms with Crippen LogP contribution < -0.4 is 5.11 Å². The SMILES string of the molecule is N#Cc1nn(-c2ccncc2)c([O-])c1C(=O)c1ccncc1. The molecule has 0 fully saturated rings. The first-order chi connectivity index (χ1) is 10.7.